The van der Waals surface area contributed by atoms with Crippen molar-refractivity contribution in [3.63, 3.8) is 0 Å². The van der Waals surface area contributed by atoms with Gasteiger partial charge < -0.3 is 14.7 Å². The molecule has 22 heavy (non-hydrogen) atoms. The fraction of sp³-hybridized carbons (Fsp3) is 0.579. The summed E-state index contributed by atoms with van der Waals surface area (Å²) in [7, 11) is 3.83. The van der Waals surface area contributed by atoms with E-state index >= 15 is 0 Å². The average Bonchev–Trinajstić information content (AvgIpc) is 2.52. The van der Waals surface area contributed by atoms with Crippen LogP contribution in [0.3, 0.4) is 0 Å². The number of phenolic OH excluding ortho intramolecular Hbond substituents is 1. The molecule has 0 radical (unpaired) electrons. The highest BCUT2D eigenvalue weighted by Gasteiger charge is 2.48. The van der Waals surface area contributed by atoms with Crippen molar-refractivity contribution in [3.8, 4) is 11.5 Å². The summed E-state index contributed by atoms with van der Waals surface area (Å²) in [6, 6.07) is 4.44. The summed E-state index contributed by atoms with van der Waals surface area (Å²) >= 11 is 0. The second-order valence-electron chi connectivity index (χ2n) is 6.93. The summed E-state index contributed by atoms with van der Waals surface area (Å²) in [5, 5.41) is 10.8. The number of phenols is 1. The summed E-state index contributed by atoms with van der Waals surface area (Å²) in [5.41, 5.74) is 2.32. The zero-order chi connectivity index (χ0) is 15.9. The molecule has 0 bridgehead atoms. The van der Waals surface area contributed by atoms with Crippen LogP contribution in [0, 0.1) is 12.8 Å². The molecule has 1 N–H and O–H groups in total. The minimum Gasteiger partial charge on any atom is -0.504 e. The molecular weight excluding hydrogens is 274 g/mol. The van der Waals surface area contributed by atoms with Crippen molar-refractivity contribution < 1.29 is 9.84 Å². The highest BCUT2D eigenvalue weighted by atomic mass is 16.5. The monoisotopic (exact) mass is 301 g/mol. The molecule has 120 valence electrons. The summed E-state index contributed by atoms with van der Waals surface area (Å²) in [5.74, 6) is 1.38. The molecule has 2 aliphatic rings. The topological polar surface area (TPSA) is 32.7 Å². The minimum absolute atomic E-state index is 0.0311. The summed E-state index contributed by atoms with van der Waals surface area (Å²) < 4.78 is 5.38. The van der Waals surface area contributed by atoms with E-state index in [1.807, 2.05) is 6.07 Å². The number of fused-ring (bicyclic) bond motifs is 1. The third-order valence-electron chi connectivity index (χ3n) is 5.93. The van der Waals surface area contributed by atoms with Gasteiger partial charge in [0.1, 0.15) is 0 Å². The minimum atomic E-state index is 0.0311. The van der Waals surface area contributed by atoms with E-state index in [0.717, 1.165) is 31.4 Å². The van der Waals surface area contributed by atoms with E-state index in [4.69, 9.17) is 4.74 Å². The number of aromatic hydroxyl groups is 1. The van der Waals surface area contributed by atoms with Gasteiger partial charge in [0.05, 0.1) is 7.11 Å². The first-order valence-electron chi connectivity index (χ1n) is 8.25. The Hall–Kier alpha value is -1.48. The predicted molar refractivity (Wildman–Crippen MR) is 89.6 cm³/mol. The molecule has 3 heteroatoms. The first-order valence-corrected chi connectivity index (χ1v) is 8.25. The number of methoxy groups -OCH3 is 1. The van der Waals surface area contributed by atoms with Gasteiger partial charge in [0, 0.05) is 22.9 Å². The molecular formula is C19H27NO2. The van der Waals surface area contributed by atoms with Crippen molar-refractivity contribution in [1.82, 2.24) is 4.90 Å². The van der Waals surface area contributed by atoms with Crippen molar-refractivity contribution in [1.29, 1.82) is 0 Å². The highest BCUT2D eigenvalue weighted by Crippen LogP contribution is 2.53. The molecule has 1 aliphatic heterocycles. The Morgan fingerprint density at radius 3 is 2.82 bits per heavy atom. The fourth-order valence-corrected chi connectivity index (χ4v) is 4.59. The molecule has 3 rings (SSSR count). The number of aryl methyl sites for hydroxylation is 1. The van der Waals surface area contributed by atoms with Gasteiger partial charge in [-0.3, -0.25) is 0 Å². The van der Waals surface area contributed by atoms with Crippen molar-refractivity contribution in [3.05, 3.63) is 35.4 Å². The Morgan fingerprint density at radius 2 is 2.09 bits per heavy atom. The molecule has 1 aliphatic carbocycles. The van der Waals surface area contributed by atoms with Crippen molar-refractivity contribution in [2.75, 3.05) is 20.7 Å². The highest BCUT2D eigenvalue weighted by molar-refractivity contribution is 5.54. The van der Waals surface area contributed by atoms with Crippen molar-refractivity contribution >= 4 is 0 Å². The van der Waals surface area contributed by atoms with E-state index < -0.39 is 0 Å². The molecule has 1 aromatic rings. The third kappa shape index (κ3) is 2.14. The molecule has 3 nitrogen and oxygen atoms in total. The molecule has 1 aromatic carbocycles. The van der Waals surface area contributed by atoms with Crippen LogP contribution in [-0.2, 0) is 5.41 Å². The molecule has 1 unspecified atom stereocenters. The van der Waals surface area contributed by atoms with Crippen molar-refractivity contribution in [2.45, 2.75) is 44.6 Å². The second-order valence-corrected chi connectivity index (χ2v) is 6.93. The summed E-state index contributed by atoms with van der Waals surface area (Å²) in [4.78, 5) is 2.44. The van der Waals surface area contributed by atoms with Gasteiger partial charge in [-0.25, -0.2) is 0 Å². The maximum absolute atomic E-state index is 10.8. The lowest BCUT2D eigenvalue weighted by atomic mass is 9.58. The van der Waals surface area contributed by atoms with Crippen LogP contribution in [0.4, 0.5) is 0 Å². The number of benzene rings is 1. The van der Waals surface area contributed by atoms with Gasteiger partial charge in [-0.1, -0.05) is 18.2 Å². The standard InChI is InChI=1S/C19H27NO2/c1-13-8-9-16(22-4)18(21)17(13)19-10-6-5-7-15(19)14(2)20(3)12-11-19/h5,7-9,14-15,21H,6,10-12H2,1-4H3/t14?,15-,19+/m0/s1. The fourth-order valence-electron chi connectivity index (χ4n) is 4.59. The van der Waals surface area contributed by atoms with E-state index in [2.05, 4.69) is 44.0 Å². The lowest BCUT2D eigenvalue weighted by molar-refractivity contribution is 0.0684. The number of piperidine rings is 1. The predicted octanol–water partition coefficient (Wildman–Crippen LogP) is 3.64. The number of rotatable bonds is 2. The summed E-state index contributed by atoms with van der Waals surface area (Å²) in [6.07, 6.45) is 7.97. The van der Waals surface area contributed by atoms with Crippen LogP contribution in [0.5, 0.6) is 11.5 Å². The molecule has 0 spiro atoms. The van der Waals surface area contributed by atoms with E-state index in [0.29, 0.717) is 23.5 Å². The first kappa shape index (κ1) is 15.4. The SMILES string of the molecule is COc1ccc(C)c([C@@]23CCC=C[C@H]2C(C)N(C)CC3)c1O. The van der Waals surface area contributed by atoms with E-state index in [1.54, 1.807) is 7.11 Å². The molecule has 1 saturated heterocycles. The Bertz CT molecular complexity index is 595. The maximum atomic E-state index is 10.8. The normalized spacial score (nSPS) is 31.8. The Labute approximate surface area is 133 Å². The number of nitrogens with zero attached hydrogens (tertiary/aromatic N) is 1. The zero-order valence-corrected chi connectivity index (χ0v) is 14.1. The Kier molecular flexibility index (Phi) is 3.94. The van der Waals surface area contributed by atoms with Crippen LogP contribution in [-0.4, -0.2) is 36.8 Å². The second kappa shape index (κ2) is 5.62. The Morgan fingerprint density at radius 1 is 1.32 bits per heavy atom. The van der Waals surface area contributed by atoms with Crippen LogP contribution < -0.4 is 4.74 Å². The molecule has 1 fully saturated rings. The van der Waals surface area contributed by atoms with Crippen LogP contribution in [0.1, 0.15) is 37.3 Å². The van der Waals surface area contributed by atoms with Crippen molar-refractivity contribution in [2.24, 2.45) is 5.92 Å². The van der Waals surface area contributed by atoms with E-state index in [9.17, 15) is 5.11 Å². The lowest BCUT2D eigenvalue weighted by Gasteiger charge is -2.52. The molecule has 3 atom stereocenters. The van der Waals surface area contributed by atoms with Gasteiger partial charge in [-0.15, -0.1) is 0 Å². The lowest BCUT2D eigenvalue weighted by Crippen LogP contribution is -2.54. The quantitative estimate of drug-likeness (QED) is 0.847. The van der Waals surface area contributed by atoms with Crippen LogP contribution >= 0.6 is 0 Å². The number of hydrogen-bond donors (Lipinski definition) is 1. The smallest absolute Gasteiger partial charge is 0.161 e. The van der Waals surface area contributed by atoms with Gasteiger partial charge in [0.2, 0.25) is 0 Å². The first-order chi connectivity index (χ1) is 10.5. The largest absolute Gasteiger partial charge is 0.504 e. The molecule has 1 heterocycles. The van der Waals surface area contributed by atoms with Gasteiger partial charge in [0.15, 0.2) is 11.5 Å². The Balaban J connectivity index is 2.18. The van der Waals surface area contributed by atoms with Gasteiger partial charge >= 0.3 is 0 Å². The number of likely N-dealkylation sites (tertiary alicyclic amines) is 1. The van der Waals surface area contributed by atoms with Gasteiger partial charge in [0.25, 0.3) is 0 Å². The van der Waals surface area contributed by atoms with Gasteiger partial charge in [-0.05, 0) is 58.3 Å². The van der Waals surface area contributed by atoms with E-state index in [-0.39, 0.29) is 5.41 Å². The van der Waals surface area contributed by atoms with E-state index in [1.165, 1.54) is 5.56 Å². The number of hydrogen-bond acceptors (Lipinski definition) is 3. The van der Waals surface area contributed by atoms with Crippen LogP contribution in [0.2, 0.25) is 0 Å². The van der Waals surface area contributed by atoms with Crippen LogP contribution in [0.25, 0.3) is 0 Å². The molecule has 0 aromatic heterocycles. The molecule has 0 saturated carbocycles. The number of allylic oxidation sites excluding steroid dienone is 1. The van der Waals surface area contributed by atoms with Crippen LogP contribution in [0.15, 0.2) is 24.3 Å². The zero-order valence-electron chi connectivity index (χ0n) is 14.1. The summed E-state index contributed by atoms with van der Waals surface area (Å²) in [6.45, 7) is 5.49. The molecule has 0 amide bonds. The maximum Gasteiger partial charge on any atom is 0.161 e. The number of ether oxygens (including phenoxy) is 1. The average molecular weight is 301 g/mol. The van der Waals surface area contributed by atoms with Gasteiger partial charge in [-0.2, -0.15) is 0 Å². The third-order valence-corrected chi connectivity index (χ3v) is 5.93.